The number of hydrogen-bond acceptors (Lipinski definition) is 4. The summed E-state index contributed by atoms with van der Waals surface area (Å²) < 4.78 is 0. The molecule has 0 aromatic carbocycles. The van der Waals surface area contributed by atoms with Crippen LogP contribution >= 0.6 is 36.2 Å². The average Bonchev–Trinajstić information content (AvgIpc) is 2.87. The maximum atomic E-state index is 11.9. The Morgan fingerprint density at radius 2 is 2.14 bits per heavy atom. The number of nitrogens with zero attached hydrogens (tertiary/aromatic N) is 1. The summed E-state index contributed by atoms with van der Waals surface area (Å²) in [4.78, 5) is 16.4. The molecular formula is C14H25Cl2N3OS. The molecule has 1 amide bonds. The van der Waals surface area contributed by atoms with Crippen LogP contribution in [-0.4, -0.2) is 16.9 Å². The van der Waals surface area contributed by atoms with E-state index < -0.39 is 0 Å². The predicted octanol–water partition coefficient (Wildman–Crippen LogP) is 3.07. The molecule has 2 atom stereocenters. The lowest BCUT2D eigenvalue weighted by molar-refractivity contribution is -0.122. The van der Waals surface area contributed by atoms with Gasteiger partial charge in [-0.1, -0.05) is 19.8 Å². The molecule has 0 aliphatic heterocycles. The van der Waals surface area contributed by atoms with E-state index in [4.69, 9.17) is 5.73 Å². The van der Waals surface area contributed by atoms with Crippen molar-refractivity contribution in [3.8, 4) is 0 Å². The Kier molecular flexibility index (Phi) is 10.2. The maximum Gasteiger partial charge on any atom is 0.220 e. The lowest BCUT2D eigenvalue weighted by Crippen LogP contribution is -2.37. The minimum absolute atomic E-state index is 0. The molecule has 1 aromatic rings. The van der Waals surface area contributed by atoms with Gasteiger partial charge in [-0.3, -0.25) is 4.79 Å². The van der Waals surface area contributed by atoms with Crippen molar-refractivity contribution < 1.29 is 4.79 Å². The van der Waals surface area contributed by atoms with Crippen LogP contribution < -0.4 is 11.1 Å². The van der Waals surface area contributed by atoms with Crippen molar-refractivity contribution in [1.29, 1.82) is 0 Å². The highest BCUT2D eigenvalue weighted by atomic mass is 35.5. The number of aromatic nitrogens is 1. The topological polar surface area (TPSA) is 68.0 Å². The first-order chi connectivity index (χ1) is 9.19. The second-order valence-electron chi connectivity index (χ2n) is 5.28. The molecule has 0 bridgehead atoms. The van der Waals surface area contributed by atoms with Gasteiger partial charge >= 0.3 is 0 Å². The highest BCUT2D eigenvalue weighted by Gasteiger charge is 2.23. The smallest absolute Gasteiger partial charge is 0.220 e. The van der Waals surface area contributed by atoms with E-state index in [9.17, 15) is 4.79 Å². The Labute approximate surface area is 143 Å². The molecule has 1 aromatic heterocycles. The number of rotatable bonds is 5. The summed E-state index contributed by atoms with van der Waals surface area (Å²) >= 11 is 1.65. The molecule has 0 radical (unpaired) electrons. The summed E-state index contributed by atoms with van der Waals surface area (Å²) in [5.74, 6) is 0.462. The van der Waals surface area contributed by atoms with Crippen LogP contribution in [0.4, 0.5) is 0 Å². The van der Waals surface area contributed by atoms with Crippen molar-refractivity contribution in [3.05, 3.63) is 16.1 Å². The van der Waals surface area contributed by atoms with Crippen molar-refractivity contribution >= 4 is 42.1 Å². The summed E-state index contributed by atoms with van der Waals surface area (Å²) in [6.07, 6.45) is 6.08. The van der Waals surface area contributed by atoms with Crippen LogP contribution in [0.5, 0.6) is 0 Å². The summed E-state index contributed by atoms with van der Waals surface area (Å²) in [5.41, 5.74) is 7.03. The zero-order chi connectivity index (χ0) is 13.7. The van der Waals surface area contributed by atoms with Crippen LogP contribution in [0.2, 0.25) is 0 Å². The SMILES string of the molecule is CCc1nc(CNC(=O)CC2CCCCC2N)cs1.Cl.Cl. The third-order valence-corrected chi connectivity index (χ3v) is 4.83. The van der Waals surface area contributed by atoms with E-state index in [1.54, 1.807) is 11.3 Å². The first kappa shape index (κ1) is 20.6. The number of thiazole rings is 1. The summed E-state index contributed by atoms with van der Waals surface area (Å²) in [6.45, 7) is 2.63. The van der Waals surface area contributed by atoms with E-state index in [1.165, 1.54) is 12.8 Å². The Balaban J connectivity index is 0.00000200. The first-order valence-electron chi connectivity index (χ1n) is 7.14. The van der Waals surface area contributed by atoms with Crippen molar-refractivity contribution in [2.24, 2.45) is 11.7 Å². The number of amides is 1. The Morgan fingerprint density at radius 1 is 1.43 bits per heavy atom. The Bertz CT molecular complexity index is 428. The van der Waals surface area contributed by atoms with Crippen LogP contribution in [0, 0.1) is 5.92 Å². The molecule has 4 nitrogen and oxygen atoms in total. The van der Waals surface area contributed by atoms with E-state index in [-0.39, 0.29) is 36.8 Å². The molecular weight excluding hydrogens is 329 g/mol. The van der Waals surface area contributed by atoms with E-state index in [0.29, 0.717) is 18.9 Å². The van der Waals surface area contributed by atoms with E-state index in [1.807, 2.05) is 5.38 Å². The molecule has 1 fully saturated rings. The molecule has 21 heavy (non-hydrogen) atoms. The normalized spacial score (nSPS) is 21.0. The molecule has 1 heterocycles. The summed E-state index contributed by atoms with van der Waals surface area (Å²) in [6, 6.07) is 0.200. The minimum atomic E-state index is 0. The maximum absolute atomic E-state index is 11.9. The monoisotopic (exact) mass is 353 g/mol. The van der Waals surface area contributed by atoms with Crippen LogP contribution in [0.1, 0.15) is 49.7 Å². The van der Waals surface area contributed by atoms with E-state index in [0.717, 1.165) is 30.0 Å². The zero-order valence-electron chi connectivity index (χ0n) is 12.3. The van der Waals surface area contributed by atoms with Crippen LogP contribution in [-0.2, 0) is 17.8 Å². The number of hydrogen-bond donors (Lipinski definition) is 2. The van der Waals surface area contributed by atoms with Gasteiger partial charge in [0.2, 0.25) is 5.91 Å². The number of carbonyl (C=O) groups excluding carboxylic acids is 1. The molecule has 2 rings (SSSR count). The largest absolute Gasteiger partial charge is 0.350 e. The van der Waals surface area contributed by atoms with Gasteiger partial charge in [-0.25, -0.2) is 4.98 Å². The number of aryl methyl sites for hydroxylation is 1. The van der Waals surface area contributed by atoms with Gasteiger partial charge < -0.3 is 11.1 Å². The van der Waals surface area contributed by atoms with Crippen molar-refractivity contribution in [1.82, 2.24) is 10.3 Å². The second kappa shape index (κ2) is 10.4. The van der Waals surface area contributed by atoms with Gasteiger partial charge in [0.1, 0.15) is 0 Å². The zero-order valence-corrected chi connectivity index (χ0v) is 14.8. The molecule has 0 saturated heterocycles. The fourth-order valence-corrected chi connectivity index (χ4v) is 3.33. The third-order valence-electron chi connectivity index (χ3n) is 3.78. The van der Waals surface area contributed by atoms with Gasteiger partial charge in [0.05, 0.1) is 17.2 Å². The lowest BCUT2D eigenvalue weighted by atomic mass is 9.83. The fourth-order valence-electron chi connectivity index (χ4n) is 2.58. The highest BCUT2D eigenvalue weighted by Crippen LogP contribution is 2.25. The number of carbonyl (C=O) groups is 1. The molecule has 7 heteroatoms. The second-order valence-corrected chi connectivity index (χ2v) is 6.22. The molecule has 1 saturated carbocycles. The fraction of sp³-hybridized carbons (Fsp3) is 0.714. The van der Waals surface area contributed by atoms with Crippen LogP contribution in [0.25, 0.3) is 0 Å². The van der Waals surface area contributed by atoms with E-state index in [2.05, 4.69) is 17.2 Å². The Morgan fingerprint density at radius 3 is 2.76 bits per heavy atom. The van der Waals surface area contributed by atoms with Gasteiger partial charge in [-0.15, -0.1) is 36.2 Å². The minimum Gasteiger partial charge on any atom is -0.350 e. The molecule has 122 valence electrons. The third kappa shape index (κ3) is 6.51. The first-order valence-corrected chi connectivity index (χ1v) is 8.02. The van der Waals surface area contributed by atoms with Crippen molar-refractivity contribution in [2.75, 3.05) is 0 Å². The predicted molar refractivity (Wildman–Crippen MR) is 92.4 cm³/mol. The molecule has 3 N–H and O–H groups in total. The summed E-state index contributed by atoms with van der Waals surface area (Å²) in [5, 5.41) is 6.10. The summed E-state index contributed by atoms with van der Waals surface area (Å²) in [7, 11) is 0. The van der Waals surface area contributed by atoms with Gasteiger partial charge in [-0.05, 0) is 25.2 Å². The van der Waals surface area contributed by atoms with Crippen LogP contribution in [0.15, 0.2) is 5.38 Å². The Hall–Kier alpha value is -0.360. The molecule has 1 aliphatic carbocycles. The number of nitrogens with one attached hydrogen (secondary N) is 1. The average molecular weight is 354 g/mol. The van der Waals surface area contributed by atoms with E-state index >= 15 is 0 Å². The van der Waals surface area contributed by atoms with Gasteiger partial charge in [0.15, 0.2) is 0 Å². The molecule has 2 unspecified atom stereocenters. The number of nitrogens with two attached hydrogens (primary N) is 1. The van der Waals surface area contributed by atoms with Gasteiger partial charge in [0, 0.05) is 17.8 Å². The van der Waals surface area contributed by atoms with Gasteiger partial charge in [0.25, 0.3) is 0 Å². The van der Waals surface area contributed by atoms with Crippen LogP contribution in [0.3, 0.4) is 0 Å². The van der Waals surface area contributed by atoms with Gasteiger partial charge in [-0.2, -0.15) is 0 Å². The lowest BCUT2D eigenvalue weighted by Gasteiger charge is -2.27. The van der Waals surface area contributed by atoms with Crippen molar-refractivity contribution in [2.45, 2.75) is 58.0 Å². The standard InChI is InChI=1S/C14H23N3OS.2ClH/c1-2-14-17-11(9-19-14)8-16-13(18)7-10-5-3-4-6-12(10)15;;/h9-10,12H,2-8,15H2,1H3,(H,16,18);2*1H. The molecule has 0 spiro atoms. The quantitative estimate of drug-likeness (QED) is 0.854. The number of halogens is 2. The highest BCUT2D eigenvalue weighted by molar-refractivity contribution is 7.09. The van der Waals surface area contributed by atoms with Crippen molar-refractivity contribution in [3.63, 3.8) is 0 Å². The molecule has 1 aliphatic rings.